The minimum absolute atomic E-state index is 0.0194. The Hall–Kier alpha value is -1.81. The molecule has 0 aromatic heterocycles. The van der Waals surface area contributed by atoms with Crippen molar-refractivity contribution in [1.29, 1.82) is 0 Å². The van der Waals surface area contributed by atoms with Crippen molar-refractivity contribution < 1.29 is 9.53 Å². The zero-order valence-electron chi connectivity index (χ0n) is 13.5. The summed E-state index contributed by atoms with van der Waals surface area (Å²) < 4.78 is 6.45. The molecule has 0 fully saturated rings. The highest BCUT2D eigenvalue weighted by atomic mass is 79.9. The van der Waals surface area contributed by atoms with Crippen molar-refractivity contribution >= 4 is 21.8 Å². The Kier molecular flexibility index (Phi) is 6.66. The van der Waals surface area contributed by atoms with Crippen LogP contribution in [-0.2, 0) is 11.2 Å². The average molecular weight is 376 g/mol. The lowest BCUT2D eigenvalue weighted by atomic mass is 10.0. The number of nitrogens with one attached hydrogen (secondary N) is 1. The Balaban J connectivity index is 1.79. The van der Waals surface area contributed by atoms with Crippen LogP contribution in [0.2, 0.25) is 0 Å². The maximum absolute atomic E-state index is 11.9. The number of benzene rings is 2. The van der Waals surface area contributed by atoms with E-state index >= 15 is 0 Å². The number of carbonyl (C=O) groups excluding carboxylic acids is 1. The zero-order chi connectivity index (χ0) is 16.7. The molecule has 0 saturated carbocycles. The Labute approximate surface area is 146 Å². The van der Waals surface area contributed by atoms with Crippen LogP contribution in [-0.4, -0.2) is 19.1 Å². The van der Waals surface area contributed by atoms with Gasteiger partial charge in [-0.2, -0.15) is 0 Å². The van der Waals surface area contributed by atoms with E-state index in [0.717, 1.165) is 10.9 Å². The summed E-state index contributed by atoms with van der Waals surface area (Å²) in [4.78, 5) is 11.9. The highest BCUT2D eigenvalue weighted by Crippen LogP contribution is 2.26. The van der Waals surface area contributed by atoms with E-state index in [1.807, 2.05) is 36.4 Å². The zero-order valence-corrected chi connectivity index (χ0v) is 15.1. The molecule has 122 valence electrons. The topological polar surface area (TPSA) is 38.3 Å². The van der Waals surface area contributed by atoms with Crippen LogP contribution >= 0.6 is 15.9 Å². The van der Waals surface area contributed by atoms with Gasteiger partial charge in [0.05, 0.1) is 4.47 Å². The van der Waals surface area contributed by atoms with Crippen LogP contribution in [0.1, 0.15) is 30.9 Å². The molecule has 1 amide bonds. The van der Waals surface area contributed by atoms with Crippen molar-refractivity contribution in [2.24, 2.45) is 0 Å². The van der Waals surface area contributed by atoms with Crippen LogP contribution in [0.15, 0.2) is 53.0 Å². The van der Waals surface area contributed by atoms with Crippen LogP contribution in [0.25, 0.3) is 0 Å². The second-order valence-corrected chi connectivity index (χ2v) is 6.38. The molecular formula is C19H22BrNO2. The van der Waals surface area contributed by atoms with Gasteiger partial charge in [0, 0.05) is 6.54 Å². The Bertz CT molecular complexity index is 643. The number of amides is 1. The summed E-state index contributed by atoms with van der Waals surface area (Å²) in [5.41, 5.74) is 2.44. The summed E-state index contributed by atoms with van der Waals surface area (Å²) in [6, 6.07) is 16.1. The lowest BCUT2D eigenvalue weighted by Gasteiger charge is -2.14. The summed E-state index contributed by atoms with van der Waals surface area (Å²) in [5.74, 6) is 0.850. The van der Waals surface area contributed by atoms with Gasteiger partial charge >= 0.3 is 0 Å². The van der Waals surface area contributed by atoms with Crippen molar-refractivity contribution in [2.45, 2.75) is 26.2 Å². The van der Waals surface area contributed by atoms with Crippen molar-refractivity contribution in [3.63, 3.8) is 0 Å². The Morgan fingerprint density at radius 2 is 1.96 bits per heavy atom. The summed E-state index contributed by atoms with van der Waals surface area (Å²) in [7, 11) is 0. The highest BCUT2D eigenvalue weighted by molar-refractivity contribution is 9.10. The molecule has 23 heavy (non-hydrogen) atoms. The van der Waals surface area contributed by atoms with Gasteiger partial charge in [-0.05, 0) is 51.5 Å². The summed E-state index contributed by atoms with van der Waals surface area (Å²) in [6.07, 6.45) is 0.969. The molecule has 2 aromatic rings. The van der Waals surface area contributed by atoms with Crippen molar-refractivity contribution in [3.05, 3.63) is 64.1 Å². The molecule has 0 bridgehead atoms. The fraction of sp³-hybridized carbons (Fsp3) is 0.316. The lowest BCUT2D eigenvalue weighted by molar-refractivity contribution is -0.123. The standard InChI is InChI=1S/C19H22BrNO2/c1-3-15-9-10-18(17(20)11-15)23-13-19(22)21-12-14(2)16-7-5-4-6-8-16/h4-11,14H,3,12-13H2,1-2H3,(H,21,22)/t14-/m1/s1. The van der Waals surface area contributed by atoms with Gasteiger partial charge in [-0.25, -0.2) is 0 Å². The summed E-state index contributed by atoms with van der Waals surface area (Å²) >= 11 is 3.47. The minimum Gasteiger partial charge on any atom is -0.483 e. The Morgan fingerprint density at radius 3 is 2.61 bits per heavy atom. The molecule has 2 aromatic carbocycles. The molecule has 4 heteroatoms. The van der Waals surface area contributed by atoms with Gasteiger partial charge in [0.2, 0.25) is 0 Å². The first-order chi connectivity index (χ1) is 11.1. The van der Waals surface area contributed by atoms with Crippen LogP contribution in [0, 0.1) is 0 Å². The third-order valence-electron chi connectivity index (χ3n) is 3.74. The number of hydrogen-bond donors (Lipinski definition) is 1. The molecule has 0 spiro atoms. The molecule has 0 aliphatic carbocycles. The largest absolute Gasteiger partial charge is 0.483 e. The van der Waals surface area contributed by atoms with E-state index in [0.29, 0.717) is 12.3 Å². The normalized spacial score (nSPS) is 11.8. The van der Waals surface area contributed by atoms with Crippen molar-refractivity contribution in [3.8, 4) is 5.75 Å². The van der Waals surface area contributed by atoms with Crippen molar-refractivity contribution in [2.75, 3.05) is 13.2 Å². The SMILES string of the molecule is CCc1ccc(OCC(=O)NC[C@@H](C)c2ccccc2)c(Br)c1. The van der Waals surface area contributed by atoms with Crippen LogP contribution in [0.3, 0.4) is 0 Å². The predicted octanol–water partition coefficient (Wildman–Crippen LogP) is 4.31. The smallest absolute Gasteiger partial charge is 0.257 e. The maximum atomic E-state index is 11.9. The summed E-state index contributed by atoms with van der Waals surface area (Å²) in [5, 5.41) is 2.91. The second kappa shape index (κ2) is 8.73. The monoisotopic (exact) mass is 375 g/mol. The first-order valence-electron chi connectivity index (χ1n) is 7.83. The maximum Gasteiger partial charge on any atom is 0.257 e. The fourth-order valence-corrected chi connectivity index (χ4v) is 2.78. The molecule has 0 aliphatic heterocycles. The second-order valence-electron chi connectivity index (χ2n) is 5.52. The van der Waals surface area contributed by atoms with Gasteiger partial charge in [-0.3, -0.25) is 4.79 Å². The van der Waals surface area contributed by atoms with Gasteiger partial charge < -0.3 is 10.1 Å². The van der Waals surface area contributed by atoms with Crippen LogP contribution < -0.4 is 10.1 Å². The minimum atomic E-state index is -0.112. The molecule has 0 radical (unpaired) electrons. The molecular weight excluding hydrogens is 354 g/mol. The molecule has 0 unspecified atom stereocenters. The van der Waals surface area contributed by atoms with E-state index in [2.05, 4.69) is 47.2 Å². The van der Waals surface area contributed by atoms with E-state index in [9.17, 15) is 4.79 Å². The lowest BCUT2D eigenvalue weighted by Crippen LogP contribution is -2.31. The van der Waals surface area contributed by atoms with E-state index < -0.39 is 0 Å². The molecule has 0 saturated heterocycles. The van der Waals surface area contributed by atoms with E-state index in [1.165, 1.54) is 11.1 Å². The number of halogens is 1. The fourth-order valence-electron chi connectivity index (χ4n) is 2.24. The predicted molar refractivity (Wildman–Crippen MR) is 96.9 cm³/mol. The summed E-state index contributed by atoms with van der Waals surface area (Å²) in [6.45, 7) is 4.81. The van der Waals surface area contributed by atoms with Gasteiger partial charge in [0.25, 0.3) is 5.91 Å². The molecule has 0 aliphatic rings. The molecule has 0 heterocycles. The Morgan fingerprint density at radius 1 is 1.22 bits per heavy atom. The van der Waals surface area contributed by atoms with E-state index in [4.69, 9.17) is 4.74 Å². The quantitative estimate of drug-likeness (QED) is 0.782. The molecule has 1 N–H and O–H groups in total. The van der Waals surface area contributed by atoms with Crippen LogP contribution in [0.5, 0.6) is 5.75 Å². The average Bonchev–Trinajstić information content (AvgIpc) is 2.59. The molecule has 1 atom stereocenters. The first kappa shape index (κ1) is 17.5. The highest BCUT2D eigenvalue weighted by Gasteiger charge is 2.09. The molecule has 3 nitrogen and oxygen atoms in total. The van der Waals surface area contributed by atoms with Gasteiger partial charge in [0.15, 0.2) is 6.61 Å². The number of ether oxygens (including phenoxy) is 1. The van der Waals surface area contributed by atoms with Gasteiger partial charge in [-0.1, -0.05) is 50.2 Å². The van der Waals surface area contributed by atoms with Gasteiger partial charge in [0.1, 0.15) is 5.75 Å². The first-order valence-corrected chi connectivity index (χ1v) is 8.62. The number of aryl methyl sites for hydroxylation is 1. The molecule has 2 rings (SSSR count). The van der Waals surface area contributed by atoms with E-state index in [-0.39, 0.29) is 18.4 Å². The number of hydrogen-bond acceptors (Lipinski definition) is 2. The van der Waals surface area contributed by atoms with E-state index in [1.54, 1.807) is 0 Å². The number of carbonyl (C=O) groups is 1. The number of rotatable bonds is 7. The van der Waals surface area contributed by atoms with Gasteiger partial charge in [-0.15, -0.1) is 0 Å². The van der Waals surface area contributed by atoms with Crippen LogP contribution in [0.4, 0.5) is 0 Å². The van der Waals surface area contributed by atoms with Crippen molar-refractivity contribution in [1.82, 2.24) is 5.32 Å². The third-order valence-corrected chi connectivity index (χ3v) is 4.36. The third kappa shape index (κ3) is 5.39.